The molecule has 0 bridgehead atoms. The molecular weight excluding hydrogens is 512 g/mol. The van der Waals surface area contributed by atoms with E-state index in [9.17, 15) is 4.79 Å². The normalized spacial score (nSPS) is 16.4. The first-order valence-electron chi connectivity index (χ1n) is 14.7. The van der Waals surface area contributed by atoms with Crippen LogP contribution in [0.15, 0.2) is 60.9 Å². The number of aromatic nitrogens is 4. The molecule has 1 amide bonds. The molecule has 8 heteroatoms. The Balaban J connectivity index is 1.27. The van der Waals surface area contributed by atoms with E-state index in [4.69, 9.17) is 4.74 Å². The van der Waals surface area contributed by atoms with Crippen LogP contribution >= 0.6 is 0 Å². The zero-order valence-electron chi connectivity index (χ0n) is 25.1. The molecule has 3 heterocycles. The first-order chi connectivity index (χ1) is 19.7. The number of carbonyl (C=O) groups excluding carboxylic acids is 1. The molecule has 0 saturated carbocycles. The van der Waals surface area contributed by atoms with E-state index in [1.807, 2.05) is 33.2 Å². The standard InChI is InChI=1S/C33H42N6O2/c1-7-28(38(6)8-2)30-34-20-26(36-30)24-15-11-22(12-16-24)23-13-17-25(18-14-23)27-21-35-31(37-27)29-10-9-19-39(29)32(40)41-33(3,4)5/h11-18,20-21,28-29H,7-10,19H2,1-6H3,(H,34,36)(H,35,37). The van der Waals surface area contributed by atoms with Crippen LogP contribution in [0.25, 0.3) is 33.6 Å². The largest absolute Gasteiger partial charge is 0.444 e. The molecule has 0 aliphatic carbocycles. The van der Waals surface area contributed by atoms with Crippen molar-refractivity contribution in [3.63, 3.8) is 0 Å². The molecule has 2 atom stereocenters. The SMILES string of the molecule is CCC(c1ncc(-c2ccc(-c3ccc(-c4cnc(C5CCCN5C(=O)OC(C)(C)C)[nH]4)cc3)cc2)[nH]1)N(C)CC. The molecule has 2 unspecified atom stereocenters. The smallest absolute Gasteiger partial charge is 0.410 e. The molecule has 1 saturated heterocycles. The minimum absolute atomic E-state index is 0.0947. The van der Waals surface area contributed by atoms with Gasteiger partial charge in [-0.1, -0.05) is 62.4 Å². The number of ether oxygens (including phenoxy) is 1. The summed E-state index contributed by atoms with van der Waals surface area (Å²) in [6, 6.07) is 17.3. The third-order valence-electron chi connectivity index (χ3n) is 7.85. The summed E-state index contributed by atoms with van der Waals surface area (Å²) in [5, 5.41) is 0. The van der Waals surface area contributed by atoms with Gasteiger partial charge in [0.05, 0.1) is 35.9 Å². The van der Waals surface area contributed by atoms with Gasteiger partial charge in [0.15, 0.2) is 0 Å². The Labute approximate surface area is 243 Å². The fourth-order valence-corrected chi connectivity index (χ4v) is 5.51. The van der Waals surface area contributed by atoms with Crippen LogP contribution in [-0.2, 0) is 4.74 Å². The van der Waals surface area contributed by atoms with Crippen LogP contribution in [0.2, 0.25) is 0 Å². The molecule has 2 N–H and O–H groups in total. The van der Waals surface area contributed by atoms with E-state index in [-0.39, 0.29) is 12.1 Å². The number of aromatic amines is 2. The van der Waals surface area contributed by atoms with Crippen molar-refractivity contribution in [3.05, 3.63) is 72.6 Å². The quantitative estimate of drug-likeness (QED) is 0.234. The van der Waals surface area contributed by atoms with Gasteiger partial charge >= 0.3 is 6.09 Å². The summed E-state index contributed by atoms with van der Waals surface area (Å²) >= 11 is 0. The summed E-state index contributed by atoms with van der Waals surface area (Å²) < 4.78 is 5.62. The van der Waals surface area contributed by atoms with Crippen LogP contribution in [-0.4, -0.2) is 61.6 Å². The molecule has 2 aromatic carbocycles. The molecule has 1 aliphatic rings. The lowest BCUT2D eigenvalue weighted by Crippen LogP contribution is -2.36. The maximum Gasteiger partial charge on any atom is 0.410 e. The van der Waals surface area contributed by atoms with Crippen LogP contribution in [0.4, 0.5) is 4.79 Å². The summed E-state index contributed by atoms with van der Waals surface area (Å²) in [6.07, 6.45) is 6.32. The number of nitrogens with one attached hydrogen (secondary N) is 2. The summed E-state index contributed by atoms with van der Waals surface area (Å²) in [5.74, 6) is 1.82. The number of likely N-dealkylation sites (tertiary alicyclic amines) is 1. The first kappa shape index (κ1) is 28.6. The molecule has 2 aromatic heterocycles. The van der Waals surface area contributed by atoms with Crippen molar-refractivity contribution in [2.45, 2.75) is 71.6 Å². The lowest BCUT2D eigenvalue weighted by molar-refractivity contribution is 0.0218. The number of amides is 1. The highest BCUT2D eigenvalue weighted by Crippen LogP contribution is 2.33. The number of H-pyrrole nitrogens is 2. The zero-order valence-corrected chi connectivity index (χ0v) is 25.1. The summed E-state index contributed by atoms with van der Waals surface area (Å²) in [7, 11) is 2.14. The second-order valence-corrected chi connectivity index (χ2v) is 11.8. The van der Waals surface area contributed by atoms with Gasteiger partial charge < -0.3 is 14.7 Å². The maximum absolute atomic E-state index is 12.7. The highest BCUT2D eigenvalue weighted by molar-refractivity contribution is 5.72. The molecule has 0 radical (unpaired) electrons. The van der Waals surface area contributed by atoms with Gasteiger partial charge in [0.1, 0.15) is 17.2 Å². The Morgan fingerprint density at radius 2 is 1.51 bits per heavy atom. The van der Waals surface area contributed by atoms with Gasteiger partial charge in [0, 0.05) is 6.54 Å². The molecular formula is C33H42N6O2. The lowest BCUT2D eigenvalue weighted by atomic mass is 10.0. The van der Waals surface area contributed by atoms with Crippen molar-refractivity contribution in [1.29, 1.82) is 0 Å². The monoisotopic (exact) mass is 554 g/mol. The summed E-state index contributed by atoms with van der Waals surface area (Å²) in [5.41, 5.74) is 5.93. The van der Waals surface area contributed by atoms with Gasteiger partial charge in [0.25, 0.3) is 0 Å². The lowest BCUT2D eigenvalue weighted by Gasteiger charge is -2.27. The fraction of sp³-hybridized carbons (Fsp3) is 0.424. The van der Waals surface area contributed by atoms with Gasteiger partial charge in [-0.25, -0.2) is 14.8 Å². The predicted octanol–water partition coefficient (Wildman–Crippen LogP) is 7.61. The number of rotatable bonds is 8. The van der Waals surface area contributed by atoms with E-state index in [0.717, 1.165) is 71.1 Å². The molecule has 41 heavy (non-hydrogen) atoms. The van der Waals surface area contributed by atoms with Gasteiger partial charge in [0.2, 0.25) is 0 Å². The number of benzene rings is 2. The molecule has 5 rings (SSSR count). The van der Waals surface area contributed by atoms with Crippen molar-refractivity contribution in [2.24, 2.45) is 0 Å². The van der Waals surface area contributed by atoms with Gasteiger partial charge in [-0.3, -0.25) is 9.80 Å². The van der Waals surface area contributed by atoms with E-state index < -0.39 is 5.60 Å². The molecule has 0 spiro atoms. The van der Waals surface area contributed by atoms with Gasteiger partial charge in [-0.05, 0) is 75.9 Å². The number of hydrogen-bond donors (Lipinski definition) is 2. The van der Waals surface area contributed by atoms with Crippen LogP contribution in [0.5, 0.6) is 0 Å². The van der Waals surface area contributed by atoms with Gasteiger partial charge in [-0.2, -0.15) is 0 Å². The average Bonchev–Trinajstić information content (AvgIpc) is 3.74. The van der Waals surface area contributed by atoms with E-state index in [0.29, 0.717) is 12.6 Å². The summed E-state index contributed by atoms with van der Waals surface area (Å²) in [4.78, 5) is 33.1. The molecule has 1 fully saturated rings. The molecule has 216 valence electrons. The van der Waals surface area contributed by atoms with Crippen molar-refractivity contribution >= 4 is 6.09 Å². The zero-order chi connectivity index (χ0) is 29.1. The van der Waals surface area contributed by atoms with Crippen molar-refractivity contribution in [2.75, 3.05) is 20.1 Å². The molecule has 4 aromatic rings. The Morgan fingerprint density at radius 3 is 2.07 bits per heavy atom. The summed E-state index contributed by atoms with van der Waals surface area (Å²) in [6.45, 7) is 11.7. The number of hydrogen-bond acceptors (Lipinski definition) is 5. The van der Waals surface area contributed by atoms with E-state index in [2.05, 4.69) is 94.3 Å². The second kappa shape index (κ2) is 11.9. The van der Waals surface area contributed by atoms with Crippen molar-refractivity contribution in [1.82, 2.24) is 29.7 Å². The average molecular weight is 555 g/mol. The van der Waals surface area contributed by atoms with E-state index in [1.165, 1.54) is 0 Å². The Bertz CT molecular complexity index is 1450. The Kier molecular flexibility index (Phi) is 8.31. The fourth-order valence-electron chi connectivity index (χ4n) is 5.51. The topological polar surface area (TPSA) is 90.1 Å². The van der Waals surface area contributed by atoms with Crippen LogP contribution in [0.3, 0.4) is 0 Å². The van der Waals surface area contributed by atoms with E-state index >= 15 is 0 Å². The molecule has 8 nitrogen and oxygen atoms in total. The van der Waals surface area contributed by atoms with Crippen molar-refractivity contribution in [3.8, 4) is 33.6 Å². The van der Waals surface area contributed by atoms with E-state index in [1.54, 1.807) is 4.90 Å². The third-order valence-corrected chi connectivity index (χ3v) is 7.85. The van der Waals surface area contributed by atoms with Crippen LogP contribution in [0.1, 0.15) is 77.6 Å². The minimum atomic E-state index is -0.521. The Hall–Kier alpha value is -3.91. The van der Waals surface area contributed by atoms with Crippen LogP contribution < -0.4 is 0 Å². The Morgan fingerprint density at radius 1 is 0.951 bits per heavy atom. The number of carbonyl (C=O) groups is 1. The van der Waals surface area contributed by atoms with Crippen LogP contribution in [0, 0.1) is 0 Å². The highest BCUT2D eigenvalue weighted by Gasteiger charge is 2.34. The van der Waals surface area contributed by atoms with Gasteiger partial charge in [-0.15, -0.1) is 0 Å². The third kappa shape index (κ3) is 6.38. The highest BCUT2D eigenvalue weighted by atomic mass is 16.6. The maximum atomic E-state index is 12.7. The first-order valence-corrected chi connectivity index (χ1v) is 14.7. The van der Waals surface area contributed by atoms with Crippen molar-refractivity contribution < 1.29 is 9.53 Å². The number of imidazole rings is 2. The second-order valence-electron chi connectivity index (χ2n) is 11.8. The minimum Gasteiger partial charge on any atom is -0.444 e. The molecule has 1 aliphatic heterocycles. The predicted molar refractivity (Wildman–Crippen MR) is 163 cm³/mol. The number of nitrogens with zero attached hydrogens (tertiary/aromatic N) is 4.